The number of hydrogen-bond acceptors (Lipinski definition) is 3. The van der Waals surface area contributed by atoms with E-state index in [1.54, 1.807) is 6.07 Å². The Morgan fingerprint density at radius 1 is 1.28 bits per heavy atom. The lowest BCUT2D eigenvalue weighted by molar-refractivity contribution is 0.140. The van der Waals surface area contributed by atoms with Crippen molar-refractivity contribution in [1.29, 1.82) is 0 Å². The smallest absolute Gasteiger partial charge is 0.0429 e. The second kappa shape index (κ2) is 5.91. The lowest BCUT2D eigenvalue weighted by Crippen LogP contribution is -2.41. The van der Waals surface area contributed by atoms with Crippen LogP contribution in [-0.4, -0.2) is 43.0 Å². The van der Waals surface area contributed by atoms with E-state index in [4.69, 9.17) is 17.3 Å². The van der Waals surface area contributed by atoms with E-state index in [9.17, 15) is 0 Å². The predicted molar refractivity (Wildman–Crippen MR) is 77.9 cm³/mol. The minimum absolute atomic E-state index is 0.727. The van der Waals surface area contributed by atoms with Gasteiger partial charge in [-0.25, -0.2) is 0 Å². The fourth-order valence-corrected chi connectivity index (χ4v) is 2.88. The Balaban J connectivity index is 1.91. The normalized spacial score (nSPS) is 18.4. The summed E-state index contributed by atoms with van der Waals surface area (Å²) in [6.07, 6.45) is 2.48. The number of piperidine rings is 1. The van der Waals surface area contributed by atoms with E-state index < -0.39 is 0 Å². The van der Waals surface area contributed by atoms with E-state index in [1.165, 1.54) is 18.4 Å². The third-order valence-corrected chi connectivity index (χ3v) is 3.89. The molecule has 1 aromatic rings. The molecule has 0 radical (unpaired) electrons. The molecule has 0 amide bonds. The second-order valence-electron chi connectivity index (χ2n) is 5.36. The summed E-state index contributed by atoms with van der Waals surface area (Å²) >= 11 is 6.03. The first-order chi connectivity index (χ1) is 8.54. The van der Waals surface area contributed by atoms with Crippen molar-refractivity contribution in [2.45, 2.75) is 25.4 Å². The van der Waals surface area contributed by atoms with Crippen LogP contribution in [0.5, 0.6) is 0 Å². The fourth-order valence-electron chi connectivity index (χ4n) is 2.62. The third kappa shape index (κ3) is 3.61. The van der Waals surface area contributed by atoms with Crippen LogP contribution in [0.1, 0.15) is 18.4 Å². The van der Waals surface area contributed by atoms with Crippen molar-refractivity contribution < 1.29 is 0 Å². The summed E-state index contributed by atoms with van der Waals surface area (Å²) in [4.78, 5) is 4.81. The largest absolute Gasteiger partial charge is 0.399 e. The zero-order valence-corrected chi connectivity index (χ0v) is 12.0. The van der Waals surface area contributed by atoms with Crippen molar-refractivity contribution in [3.63, 3.8) is 0 Å². The summed E-state index contributed by atoms with van der Waals surface area (Å²) in [6, 6.07) is 6.55. The van der Waals surface area contributed by atoms with Crippen molar-refractivity contribution in [3.05, 3.63) is 28.8 Å². The van der Waals surface area contributed by atoms with Crippen molar-refractivity contribution >= 4 is 17.3 Å². The van der Waals surface area contributed by atoms with E-state index in [0.717, 1.165) is 36.4 Å². The van der Waals surface area contributed by atoms with Gasteiger partial charge in [0.1, 0.15) is 0 Å². The lowest BCUT2D eigenvalue weighted by atomic mass is 10.0. The molecule has 0 bridgehead atoms. The zero-order chi connectivity index (χ0) is 13.1. The number of nitrogens with zero attached hydrogens (tertiary/aromatic N) is 2. The Labute approximate surface area is 115 Å². The highest BCUT2D eigenvalue weighted by molar-refractivity contribution is 6.30. The van der Waals surface area contributed by atoms with Gasteiger partial charge >= 0.3 is 0 Å². The number of halogens is 1. The molecule has 3 nitrogen and oxygen atoms in total. The quantitative estimate of drug-likeness (QED) is 0.854. The summed E-state index contributed by atoms with van der Waals surface area (Å²) < 4.78 is 0. The van der Waals surface area contributed by atoms with Crippen LogP contribution in [-0.2, 0) is 6.54 Å². The maximum atomic E-state index is 6.03. The summed E-state index contributed by atoms with van der Waals surface area (Å²) in [6.45, 7) is 3.25. The van der Waals surface area contributed by atoms with Crippen molar-refractivity contribution in [3.8, 4) is 0 Å². The molecule has 2 N–H and O–H groups in total. The molecule has 0 spiro atoms. The molecule has 0 aliphatic carbocycles. The lowest BCUT2D eigenvalue weighted by Gasteiger charge is -2.35. The average molecular weight is 268 g/mol. The van der Waals surface area contributed by atoms with Crippen LogP contribution in [0.2, 0.25) is 5.02 Å². The van der Waals surface area contributed by atoms with E-state index in [-0.39, 0.29) is 0 Å². The average Bonchev–Trinajstić information content (AvgIpc) is 2.28. The van der Waals surface area contributed by atoms with Crippen LogP contribution < -0.4 is 5.73 Å². The predicted octanol–water partition coefficient (Wildman–Crippen LogP) is 2.45. The van der Waals surface area contributed by atoms with Gasteiger partial charge in [-0.1, -0.05) is 11.6 Å². The van der Waals surface area contributed by atoms with Gasteiger partial charge in [-0.15, -0.1) is 0 Å². The molecule has 4 heteroatoms. The topological polar surface area (TPSA) is 32.5 Å². The third-order valence-electron chi connectivity index (χ3n) is 3.67. The minimum atomic E-state index is 0.727. The molecule has 1 aromatic carbocycles. The van der Waals surface area contributed by atoms with E-state index in [2.05, 4.69) is 23.9 Å². The molecule has 0 atom stereocenters. The van der Waals surface area contributed by atoms with Crippen molar-refractivity contribution in [1.82, 2.24) is 9.80 Å². The van der Waals surface area contributed by atoms with Gasteiger partial charge in [-0.2, -0.15) is 0 Å². The van der Waals surface area contributed by atoms with Crippen LogP contribution in [0.25, 0.3) is 0 Å². The molecular formula is C14H22ClN3. The van der Waals surface area contributed by atoms with E-state index >= 15 is 0 Å². The van der Waals surface area contributed by atoms with Gasteiger partial charge < -0.3 is 10.6 Å². The number of hydrogen-bond donors (Lipinski definition) is 1. The van der Waals surface area contributed by atoms with Gasteiger partial charge in [0, 0.05) is 23.3 Å². The van der Waals surface area contributed by atoms with Crippen LogP contribution in [0.4, 0.5) is 5.69 Å². The van der Waals surface area contributed by atoms with E-state index in [1.807, 2.05) is 12.1 Å². The molecule has 0 saturated carbocycles. The first kappa shape index (κ1) is 13.7. The monoisotopic (exact) mass is 267 g/mol. The molecule has 0 unspecified atom stereocenters. The van der Waals surface area contributed by atoms with Crippen molar-refractivity contribution in [2.75, 3.05) is 32.9 Å². The fraction of sp³-hybridized carbons (Fsp3) is 0.571. The standard InChI is InChI=1S/C14H22ClN3/c1-17(2)14-3-5-18(6-4-14)10-11-7-12(15)9-13(16)8-11/h7-9,14H,3-6,10,16H2,1-2H3. The molecule has 1 saturated heterocycles. The van der Waals surface area contributed by atoms with Gasteiger partial charge in [0.2, 0.25) is 0 Å². The number of nitrogen functional groups attached to an aromatic ring is 1. The number of rotatable bonds is 3. The second-order valence-corrected chi connectivity index (χ2v) is 5.80. The van der Waals surface area contributed by atoms with Crippen LogP contribution in [0.3, 0.4) is 0 Å². The zero-order valence-electron chi connectivity index (χ0n) is 11.2. The molecule has 100 valence electrons. The minimum Gasteiger partial charge on any atom is -0.399 e. The summed E-state index contributed by atoms with van der Waals surface area (Å²) in [5.74, 6) is 0. The molecule has 1 aliphatic rings. The highest BCUT2D eigenvalue weighted by Crippen LogP contribution is 2.20. The van der Waals surface area contributed by atoms with Gasteiger partial charge in [-0.05, 0) is 63.8 Å². The van der Waals surface area contributed by atoms with Crippen LogP contribution in [0, 0.1) is 0 Å². The maximum Gasteiger partial charge on any atom is 0.0429 e. The Morgan fingerprint density at radius 3 is 2.50 bits per heavy atom. The summed E-state index contributed by atoms with van der Waals surface area (Å²) in [5, 5.41) is 0.730. The summed E-state index contributed by atoms with van der Waals surface area (Å²) in [5.41, 5.74) is 7.78. The molecule has 2 rings (SSSR count). The number of likely N-dealkylation sites (tertiary alicyclic amines) is 1. The van der Waals surface area contributed by atoms with E-state index in [0.29, 0.717) is 0 Å². The van der Waals surface area contributed by atoms with Gasteiger partial charge in [0.15, 0.2) is 0 Å². The molecule has 18 heavy (non-hydrogen) atoms. The first-order valence-corrected chi connectivity index (χ1v) is 6.86. The maximum absolute atomic E-state index is 6.03. The van der Waals surface area contributed by atoms with Crippen molar-refractivity contribution in [2.24, 2.45) is 0 Å². The number of benzene rings is 1. The summed E-state index contributed by atoms with van der Waals surface area (Å²) in [7, 11) is 4.33. The van der Waals surface area contributed by atoms with Gasteiger partial charge in [0.25, 0.3) is 0 Å². The van der Waals surface area contributed by atoms with Crippen LogP contribution in [0.15, 0.2) is 18.2 Å². The SMILES string of the molecule is CN(C)C1CCN(Cc2cc(N)cc(Cl)c2)CC1. The van der Waals surface area contributed by atoms with Gasteiger partial charge in [-0.3, -0.25) is 4.90 Å². The van der Waals surface area contributed by atoms with Crippen LogP contribution >= 0.6 is 11.6 Å². The Kier molecular flexibility index (Phi) is 4.49. The van der Waals surface area contributed by atoms with Gasteiger partial charge in [0.05, 0.1) is 0 Å². The molecule has 0 aromatic heterocycles. The first-order valence-electron chi connectivity index (χ1n) is 6.48. The Hall–Kier alpha value is -0.770. The Bertz CT molecular complexity index is 378. The molecule has 1 heterocycles. The molecule has 1 aliphatic heterocycles. The molecule has 1 fully saturated rings. The molecular weight excluding hydrogens is 246 g/mol. The highest BCUT2D eigenvalue weighted by Gasteiger charge is 2.20. The highest BCUT2D eigenvalue weighted by atomic mass is 35.5. The number of nitrogens with two attached hydrogens (primary N) is 1. The Morgan fingerprint density at radius 2 is 1.94 bits per heavy atom. The number of anilines is 1.